The number of carbonyl (C=O) groups excluding carboxylic acids is 1. The quantitative estimate of drug-likeness (QED) is 0.573. The van der Waals surface area contributed by atoms with E-state index in [-0.39, 0.29) is 11.6 Å². The van der Waals surface area contributed by atoms with E-state index < -0.39 is 6.30 Å². The molecule has 0 spiro atoms. The van der Waals surface area contributed by atoms with Gasteiger partial charge >= 0.3 is 6.30 Å². The van der Waals surface area contributed by atoms with Crippen LogP contribution in [0, 0.1) is 0 Å². The Bertz CT molecular complexity index is 974. The summed E-state index contributed by atoms with van der Waals surface area (Å²) < 4.78 is 37.0. The predicted molar refractivity (Wildman–Crippen MR) is 100 cm³/mol. The van der Waals surface area contributed by atoms with Crippen LogP contribution in [0.2, 0.25) is 0 Å². The highest BCUT2D eigenvalue weighted by molar-refractivity contribution is 5.95. The van der Waals surface area contributed by atoms with Gasteiger partial charge in [0.2, 0.25) is 0 Å². The minimum atomic E-state index is -4.49. The molecule has 0 bridgehead atoms. The van der Waals surface area contributed by atoms with Gasteiger partial charge in [0.15, 0.2) is 0 Å². The van der Waals surface area contributed by atoms with Gasteiger partial charge in [0.05, 0.1) is 5.69 Å². The lowest BCUT2D eigenvalue weighted by molar-refractivity contribution is -0.0999. The molecule has 144 valence electrons. The van der Waals surface area contributed by atoms with Crippen LogP contribution in [0.15, 0.2) is 60.9 Å². The van der Waals surface area contributed by atoms with Crippen molar-refractivity contribution in [1.29, 1.82) is 0 Å². The molecular formula is C19H16F3N5O. The van der Waals surface area contributed by atoms with Gasteiger partial charge < -0.3 is 10.6 Å². The van der Waals surface area contributed by atoms with Crippen molar-refractivity contribution in [2.45, 2.75) is 6.30 Å². The Balaban J connectivity index is 1.78. The maximum absolute atomic E-state index is 12.3. The fourth-order valence-corrected chi connectivity index (χ4v) is 2.50. The summed E-state index contributed by atoms with van der Waals surface area (Å²) >= 11 is 0. The molecule has 1 amide bonds. The lowest BCUT2D eigenvalue weighted by Gasteiger charge is -2.11. The molecule has 3 aromatic rings. The Morgan fingerprint density at radius 2 is 1.68 bits per heavy atom. The number of halogens is 3. The highest BCUT2D eigenvalue weighted by atomic mass is 19.4. The minimum absolute atomic E-state index is 0.0626. The molecule has 0 aliphatic heterocycles. The molecular weight excluding hydrogens is 371 g/mol. The second-order valence-corrected chi connectivity index (χ2v) is 5.77. The number of carbonyl (C=O) groups is 1. The van der Waals surface area contributed by atoms with Gasteiger partial charge in [0.25, 0.3) is 5.91 Å². The van der Waals surface area contributed by atoms with Gasteiger partial charge in [0.1, 0.15) is 12.1 Å². The first-order valence-electron chi connectivity index (χ1n) is 8.20. The van der Waals surface area contributed by atoms with Gasteiger partial charge in [-0.1, -0.05) is 12.1 Å². The lowest BCUT2D eigenvalue weighted by atomic mass is 10.1. The normalized spacial score (nSPS) is 11.0. The molecule has 1 aromatic heterocycles. The third kappa shape index (κ3) is 4.97. The monoisotopic (exact) mass is 387 g/mol. The molecule has 1 heterocycles. The number of anilines is 3. The summed E-state index contributed by atoms with van der Waals surface area (Å²) in [6.45, 7) is 0. The van der Waals surface area contributed by atoms with Crippen molar-refractivity contribution < 1.29 is 18.0 Å². The van der Waals surface area contributed by atoms with Crippen molar-refractivity contribution in [1.82, 2.24) is 15.3 Å². The Kier molecular flexibility index (Phi) is 5.44. The van der Waals surface area contributed by atoms with Crippen LogP contribution in [0.5, 0.6) is 0 Å². The van der Waals surface area contributed by atoms with Gasteiger partial charge in [-0.3, -0.25) is 10.1 Å². The molecule has 0 saturated heterocycles. The maximum Gasteiger partial charge on any atom is 0.482 e. The predicted octanol–water partition coefficient (Wildman–Crippen LogP) is 4.18. The van der Waals surface area contributed by atoms with E-state index in [0.29, 0.717) is 22.8 Å². The third-order valence-electron chi connectivity index (χ3n) is 3.76. The number of alkyl halides is 3. The zero-order chi connectivity index (χ0) is 20.1. The SMILES string of the molecule is CNC(=O)c1cccc(-c2cc(Nc3ccc(NC(F)(F)F)cc3)ncn2)c1. The number of nitrogens with one attached hydrogen (secondary N) is 3. The summed E-state index contributed by atoms with van der Waals surface area (Å²) in [5.41, 5.74) is 2.33. The fraction of sp³-hybridized carbons (Fsp3) is 0.105. The molecule has 0 fully saturated rings. The van der Waals surface area contributed by atoms with E-state index in [4.69, 9.17) is 0 Å². The summed E-state index contributed by atoms with van der Waals surface area (Å²) in [4.78, 5) is 20.1. The van der Waals surface area contributed by atoms with Gasteiger partial charge in [0, 0.05) is 35.6 Å². The van der Waals surface area contributed by atoms with Crippen LogP contribution in [0.25, 0.3) is 11.3 Å². The molecule has 0 aliphatic carbocycles. The standard InChI is InChI=1S/C19H16F3N5O/c1-23-18(28)13-4-2-3-12(9-13)16-10-17(25-11-24-16)26-14-5-7-15(8-6-14)27-19(20,21)22/h2-11,27H,1H3,(H,23,28)(H,24,25,26). The molecule has 0 unspecified atom stereocenters. The van der Waals surface area contributed by atoms with Crippen molar-refractivity contribution in [2.75, 3.05) is 17.7 Å². The molecule has 0 aliphatic rings. The van der Waals surface area contributed by atoms with E-state index in [9.17, 15) is 18.0 Å². The van der Waals surface area contributed by atoms with Crippen molar-refractivity contribution in [2.24, 2.45) is 0 Å². The van der Waals surface area contributed by atoms with E-state index >= 15 is 0 Å². The number of nitrogens with zero attached hydrogens (tertiary/aromatic N) is 2. The van der Waals surface area contributed by atoms with Crippen LogP contribution >= 0.6 is 0 Å². The molecule has 0 atom stereocenters. The van der Waals surface area contributed by atoms with Crippen molar-refractivity contribution in [3.8, 4) is 11.3 Å². The van der Waals surface area contributed by atoms with Crippen molar-refractivity contribution in [3.63, 3.8) is 0 Å². The molecule has 3 rings (SSSR count). The third-order valence-corrected chi connectivity index (χ3v) is 3.76. The number of amides is 1. The molecule has 6 nitrogen and oxygen atoms in total. The fourth-order valence-electron chi connectivity index (χ4n) is 2.50. The second-order valence-electron chi connectivity index (χ2n) is 5.77. The topological polar surface area (TPSA) is 78.9 Å². The summed E-state index contributed by atoms with van der Waals surface area (Å²) in [5.74, 6) is 0.258. The number of aromatic nitrogens is 2. The van der Waals surface area contributed by atoms with Crippen LogP contribution in [0.1, 0.15) is 10.4 Å². The summed E-state index contributed by atoms with van der Waals surface area (Å²) in [6, 6.07) is 14.3. The van der Waals surface area contributed by atoms with Crippen LogP contribution in [0.4, 0.5) is 30.4 Å². The van der Waals surface area contributed by atoms with E-state index in [2.05, 4.69) is 20.6 Å². The van der Waals surface area contributed by atoms with Crippen molar-refractivity contribution >= 4 is 23.1 Å². The molecule has 28 heavy (non-hydrogen) atoms. The summed E-state index contributed by atoms with van der Waals surface area (Å²) in [7, 11) is 1.55. The Hall–Kier alpha value is -3.62. The number of rotatable bonds is 5. The Labute approximate surface area is 158 Å². The van der Waals surface area contributed by atoms with E-state index in [1.165, 1.54) is 35.9 Å². The summed E-state index contributed by atoms with van der Waals surface area (Å²) in [5, 5.41) is 7.01. The first kappa shape index (κ1) is 19.2. The lowest BCUT2D eigenvalue weighted by Crippen LogP contribution is -2.20. The van der Waals surface area contributed by atoms with Crippen LogP contribution in [-0.2, 0) is 0 Å². The first-order valence-corrected chi connectivity index (χ1v) is 8.20. The summed E-state index contributed by atoms with van der Waals surface area (Å²) in [6.07, 6.45) is -3.12. The average Bonchev–Trinajstić information content (AvgIpc) is 2.68. The van der Waals surface area contributed by atoms with Gasteiger partial charge in [-0.2, -0.15) is 13.2 Å². The minimum Gasteiger partial charge on any atom is -0.355 e. The van der Waals surface area contributed by atoms with Gasteiger partial charge in [-0.05, 0) is 36.4 Å². The maximum atomic E-state index is 12.3. The Morgan fingerprint density at radius 1 is 0.964 bits per heavy atom. The zero-order valence-electron chi connectivity index (χ0n) is 14.7. The van der Waals surface area contributed by atoms with E-state index in [1.807, 2.05) is 6.07 Å². The van der Waals surface area contributed by atoms with Gasteiger partial charge in [-0.25, -0.2) is 9.97 Å². The van der Waals surface area contributed by atoms with E-state index in [1.54, 1.807) is 31.3 Å². The molecule has 0 radical (unpaired) electrons. The number of hydrogen-bond acceptors (Lipinski definition) is 5. The molecule has 0 saturated carbocycles. The molecule has 2 aromatic carbocycles. The number of benzene rings is 2. The largest absolute Gasteiger partial charge is 0.482 e. The Morgan fingerprint density at radius 3 is 2.36 bits per heavy atom. The smallest absolute Gasteiger partial charge is 0.355 e. The van der Waals surface area contributed by atoms with Crippen LogP contribution in [0.3, 0.4) is 0 Å². The highest BCUT2D eigenvalue weighted by Crippen LogP contribution is 2.24. The molecule has 3 N–H and O–H groups in total. The van der Waals surface area contributed by atoms with Crippen LogP contribution in [-0.4, -0.2) is 29.2 Å². The van der Waals surface area contributed by atoms with Crippen molar-refractivity contribution in [3.05, 3.63) is 66.5 Å². The average molecular weight is 387 g/mol. The van der Waals surface area contributed by atoms with Crippen LogP contribution < -0.4 is 16.0 Å². The van der Waals surface area contributed by atoms with Gasteiger partial charge in [-0.15, -0.1) is 0 Å². The van der Waals surface area contributed by atoms with E-state index in [0.717, 1.165) is 5.56 Å². The first-order chi connectivity index (χ1) is 13.3. The molecule has 9 heteroatoms. The number of hydrogen-bond donors (Lipinski definition) is 3. The highest BCUT2D eigenvalue weighted by Gasteiger charge is 2.26. The second kappa shape index (κ2) is 7.95. The zero-order valence-corrected chi connectivity index (χ0v) is 14.7.